The van der Waals surface area contributed by atoms with E-state index < -0.39 is 0 Å². The van der Waals surface area contributed by atoms with E-state index in [1.165, 1.54) is 0 Å². The van der Waals surface area contributed by atoms with Crippen molar-refractivity contribution < 1.29 is 8.83 Å². The van der Waals surface area contributed by atoms with Crippen LogP contribution < -0.4 is 5.32 Å². The number of hydrogen-bond donors (Lipinski definition) is 1. The van der Waals surface area contributed by atoms with Gasteiger partial charge in [-0.05, 0) is 55.9 Å². The van der Waals surface area contributed by atoms with E-state index in [4.69, 9.17) is 8.83 Å². The molecule has 0 aliphatic heterocycles. The third-order valence-electron chi connectivity index (χ3n) is 3.55. The summed E-state index contributed by atoms with van der Waals surface area (Å²) in [4.78, 5) is 0. The average molecular weight is 322 g/mol. The summed E-state index contributed by atoms with van der Waals surface area (Å²) < 4.78 is 12.7. The zero-order valence-corrected chi connectivity index (χ0v) is 13.0. The number of halogens is 1. The van der Waals surface area contributed by atoms with Crippen LogP contribution in [0.1, 0.15) is 30.0 Å². The van der Waals surface area contributed by atoms with E-state index in [9.17, 15) is 0 Å². The summed E-state index contributed by atoms with van der Waals surface area (Å²) >= 11 is 3.64. The van der Waals surface area contributed by atoms with Gasteiger partial charge in [-0.15, -0.1) is 0 Å². The van der Waals surface area contributed by atoms with Crippen molar-refractivity contribution in [2.24, 2.45) is 0 Å². The van der Waals surface area contributed by atoms with E-state index in [1.807, 2.05) is 27.0 Å². The van der Waals surface area contributed by atoms with Gasteiger partial charge >= 0.3 is 0 Å². The van der Waals surface area contributed by atoms with Gasteiger partial charge < -0.3 is 14.2 Å². The normalized spacial score (nSPS) is 13.5. The molecule has 1 atom stereocenters. The Labute approximate surface area is 120 Å². The van der Waals surface area contributed by atoms with Crippen molar-refractivity contribution in [2.45, 2.75) is 26.8 Å². The van der Waals surface area contributed by atoms with E-state index in [0.29, 0.717) is 0 Å². The molecule has 3 nitrogen and oxygen atoms in total. The Balaban J connectivity index is 2.54. The Morgan fingerprint density at radius 3 is 2.26 bits per heavy atom. The molecule has 19 heavy (non-hydrogen) atoms. The molecule has 2 heterocycles. The van der Waals surface area contributed by atoms with Gasteiger partial charge in [-0.1, -0.05) is 0 Å². The molecule has 4 heteroatoms. The predicted octanol–water partition coefficient (Wildman–Crippen LogP) is 4.84. The van der Waals surface area contributed by atoms with Crippen LogP contribution in [0.3, 0.4) is 0 Å². The molecule has 0 saturated carbocycles. The SMILES string of the molecule is CNC(C)c1c2cc(C)oc2c(Br)c2cc(C)oc12. The molecule has 3 aromatic rings. The van der Waals surface area contributed by atoms with Crippen molar-refractivity contribution in [3.63, 3.8) is 0 Å². The topological polar surface area (TPSA) is 38.3 Å². The average Bonchev–Trinajstić information content (AvgIpc) is 2.92. The zero-order chi connectivity index (χ0) is 13.7. The summed E-state index contributed by atoms with van der Waals surface area (Å²) in [5.74, 6) is 1.81. The molecule has 3 rings (SSSR count). The van der Waals surface area contributed by atoms with Gasteiger partial charge in [0.15, 0.2) is 0 Å². The number of benzene rings is 1. The summed E-state index contributed by atoms with van der Waals surface area (Å²) in [6.45, 7) is 6.06. The summed E-state index contributed by atoms with van der Waals surface area (Å²) in [6, 6.07) is 4.31. The van der Waals surface area contributed by atoms with E-state index in [-0.39, 0.29) is 6.04 Å². The standard InChI is InChI=1S/C15H16BrNO2/c1-7-5-10-12(9(3)17-4)14-11(6-8(2)18-14)13(16)15(10)19-7/h5-6,9,17H,1-4H3. The second kappa shape index (κ2) is 4.39. The van der Waals surface area contributed by atoms with Crippen LogP contribution in [0.5, 0.6) is 0 Å². The number of nitrogens with one attached hydrogen (secondary N) is 1. The van der Waals surface area contributed by atoms with Gasteiger partial charge in [0.05, 0.1) is 4.47 Å². The lowest BCUT2D eigenvalue weighted by molar-refractivity contribution is 0.561. The third-order valence-corrected chi connectivity index (χ3v) is 4.33. The lowest BCUT2D eigenvalue weighted by Crippen LogP contribution is -2.12. The maximum Gasteiger partial charge on any atom is 0.149 e. The van der Waals surface area contributed by atoms with Crippen molar-refractivity contribution in [1.82, 2.24) is 5.32 Å². The summed E-state index contributed by atoms with van der Waals surface area (Å²) in [5, 5.41) is 5.46. The monoisotopic (exact) mass is 321 g/mol. The molecule has 0 aliphatic carbocycles. The Morgan fingerprint density at radius 1 is 1.05 bits per heavy atom. The van der Waals surface area contributed by atoms with Crippen LogP contribution in [0.25, 0.3) is 21.9 Å². The van der Waals surface area contributed by atoms with Crippen LogP contribution in [0.2, 0.25) is 0 Å². The minimum absolute atomic E-state index is 0.195. The molecular weight excluding hydrogens is 306 g/mol. The van der Waals surface area contributed by atoms with E-state index in [2.05, 4.69) is 34.2 Å². The fourth-order valence-electron chi connectivity index (χ4n) is 2.57. The highest BCUT2D eigenvalue weighted by atomic mass is 79.9. The molecule has 100 valence electrons. The Kier molecular flexibility index (Phi) is 2.95. The third kappa shape index (κ3) is 1.82. The first-order chi connectivity index (χ1) is 9.02. The molecule has 0 spiro atoms. The lowest BCUT2D eigenvalue weighted by Gasteiger charge is -2.13. The summed E-state index contributed by atoms with van der Waals surface area (Å²) in [5.41, 5.74) is 2.98. The predicted molar refractivity (Wildman–Crippen MR) is 80.6 cm³/mol. The minimum atomic E-state index is 0.195. The fourth-order valence-corrected chi connectivity index (χ4v) is 3.16. The van der Waals surface area contributed by atoms with Crippen molar-refractivity contribution in [2.75, 3.05) is 7.05 Å². The number of hydrogen-bond acceptors (Lipinski definition) is 3. The molecule has 1 unspecified atom stereocenters. The van der Waals surface area contributed by atoms with Crippen molar-refractivity contribution in [3.8, 4) is 0 Å². The van der Waals surface area contributed by atoms with Gasteiger partial charge in [0.2, 0.25) is 0 Å². The second-order valence-electron chi connectivity index (χ2n) is 4.94. The van der Waals surface area contributed by atoms with Gasteiger partial charge in [0.1, 0.15) is 22.7 Å². The molecule has 0 bridgehead atoms. The molecule has 0 radical (unpaired) electrons. The fraction of sp³-hybridized carbons (Fsp3) is 0.333. The van der Waals surface area contributed by atoms with Gasteiger partial charge in [0.25, 0.3) is 0 Å². The largest absolute Gasteiger partial charge is 0.461 e. The highest BCUT2D eigenvalue weighted by Gasteiger charge is 2.22. The van der Waals surface area contributed by atoms with Crippen LogP contribution >= 0.6 is 15.9 Å². The number of aryl methyl sites for hydroxylation is 2. The molecule has 0 fully saturated rings. The molecule has 0 amide bonds. The van der Waals surface area contributed by atoms with E-state index >= 15 is 0 Å². The Hall–Kier alpha value is -1.26. The zero-order valence-electron chi connectivity index (χ0n) is 11.4. The van der Waals surface area contributed by atoms with Crippen LogP contribution in [0.4, 0.5) is 0 Å². The highest BCUT2D eigenvalue weighted by Crippen LogP contribution is 2.41. The van der Waals surface area contributed by atoms with Gasteiger partial charge in [0, 0.05) is 22.4 Å². The van der Waals surface area contributed by atoms with Crippen LogP contribution in [0, 0.1) is 13.8 Å². The first-order valence-electron chi connectivity index (χ1n) is 6.31. The molecule has 0 aliphatic rings. The first-order valence-corrected chi connectivity index (χ1v) is 7.11. The van der Waals surface area contributed by atoms with Crippen LogP contribution in [-0.2, 0) is 0 Å². The Morgan fingerprint density at radius 2 is 1.63 bits per heavy atom. The van der Waals surface area contributed by atoms with Gasteiger partial charge in [-0.25, -0.2) is 0 Å². The van der Waals surface area contributed by atoms with Gasteiger partial charge in [-0.2, -0.15) is 0 Å². The molecule has 2 aromatic heterocycles. The van der Waals surface area contributed by atoms with Crippen LogP contribution in [-0.4, -0.2) is 7.05 Å². The molecule has 1 N–H and O–H groups in total. The minimum Gasteiger partial charge on any atom is -0.461 e. The second-order valence-corrected chi connectivity index (χ2v) is 5.73. The summed E-state index contributed by atoms with van der Waals surface area (Å²) in [7, 11) is 1.95. The van der Waals surface area contributed by atoms with E-state index in [0.717, 1.165) is 43.5 Å². The number of furan rings is 2. The first kappa shape index (κ1) is 12.8. The van der Waals surface area contributed by atoms with E-state index in [1.54, 1.807) is 0 Å². The van der Waals surface area contributed by atoms with Crippen molar-refractivity contribution in [3.05, 3.63) is 33.7 Å². The van der Waals surface area contributed by atoms with Crippen LogP contribution in [0.15, 0.2) is 25.4 Å². The quantitative estimate of drug-likeness (QED) is 0.734. The number of fused-ring (bicyclic) bond motifs is 2. The Bertz CT molecular complexity index is 712. The molecular formula is C15H16BrNO2. The smallest absolute Gasteiger partial charge is 0.149 e. The maximum atomic E-state index is 5.91. The van der Waals surface area contributed by atoms with Crippen molar-refractivity contribution >= 4 is 37.9 Å². The summed E-state index contributed by atoms with van der Waals surface area (Å²) in [6.07, 6.45) is 0. The number of rotatable bonds is 2. The van der Waals surface area contributed by atoms with Crippen molar-refractivity contribution in [1.29, 1.82) is 0 Å². The molecule has 0 saturated heterocycles. The lowest BCUT2D eigenvalue weighted by atomic mass is 10.0. The maximum absolute atomic E-state index is 5.91. The highest BCUT2D eigenvalue weighted by molar-refractivity contribution is 9.10. The van der Waals surface area contributed by atoms with Gasteiger partial charge in [-0.3, -0.25) is 0 Å². The molecule has 1 aromatic carbocycles.